The normalized spacial score (nSPS) is 13.5. The molecule has 0 aliphatic carbocycles. The highest BCUT2D eigenvalue weighted by atomic mass is 16.4. The Hall–Kier alpha value is -1.55. The van der Waals surface area contributed by atoms with Crippen LogP contribution in [0.15, 0.2) is 24.3 Å². The Balaban J connectivity index is 2.99. The molecule has 0 saturated heterocycles. The highest BCUT2D eigenvalue weighted by molar-refractivity contribution is 5.74. The first-order chi connectivity index (χ1) is 6.85. The Bertz CT molecular complexity index is 353. The topological polar surface area (TPSA) is 77.8 Å². The van der Waals surface area contributed by atoms with Crippen molar-refractivity contribution in [2.75, 3.05) is 0 Å². The van der Waals surface area contributed by atoms with Crippen molar-refractivity contribution in [1.82, 2.24) is 0 Å². The number of hydrogen-bond acceptors (Lipinski definition) is 3. The molecular formula is C11H14O4. The minimum atomic E-state index is -1.25. The molecule has 0 saturated carbocycles. The van der Waals surface area contributed by atoms with Gasteiger partial charge < -0.3 is 15.3 Å². The van der Waals surface area contributed by atoms with Crippen LogP contribution in [0, 0.1) is 5.41 Å². The highest BCUT2D eigenvalue weighted by Gasteiger charge is 2.36. The molecule has 0 aliphatic rings. The molecule has 1 rings (SSSR count). The number of aliphatic carboxylic acids is 1. The van der Waals surface area contributed by atoms with Gasteiger partial charge in [0.25, 0.3) is 0 Å². The van der Waals surface area contributed by atoms with Gasteiger partial charge in [0, 0.05) is 0 Å². The third-order valence-corrected chi connectivity index (χ3v) is 2.44. The van der Waals surface area contributed by atoms with Crippen molar-refractivity contribution in [3.05, 3.63) is 29.8 Å². The summed E-state index contributed by atoms with van der Waals surface area (Å²) in [5.74, 6) is -0.984. The number of aliphatic hydroxyl groups is 1. The fraction of sp³-hybridized carbons (Fsp3) is 0.364. The Morgan fingerprint density at radius 1 is 1.27 bits per heavy atom. The molecule has 0 spiro atoms. The zero-order valence-electron chi connectivity index (χ0n) is 8.64. The average molecular weight is 210 g/mol. The first kappa shape index (κ1) is 11.5. The molecule has 0 heterocycles. The molecule has 0 fully saturated rings. The smallest absolute Gasteiger partial charge is 0.312 e. The van der Waals surface area contributed by atoms with E-state index in [9.17, 15) is 9.90 Å². The quantitative estimate of drug-likeness (QED) is 0.707. The van der Waals surface area contributed by atoms with Crippen LogP contribution in [0.25, 0.3) is 0 Å². The van der Waals surface area contributed by atoms with Crippen LogP contribution in [0.3, 0.4) is 0 Å². The third kappa shape index (κ3) is 2.27. The van der Waals surface area contributed by atoms with E-state index >= 15 is 0 Å². The summed E-state index contributed by atoms with van der Waals surface area (Å²) in [6, 6.07) is 5.84. The largest absolute Gasteiger partial charge is 0.508 e. The third-order valence-electron chi connectivity index (χ3n) is 2.44. The molecule has 0 bridgehead atoms. The maximum Gasteiger partial charge on any atom is 0.312 e. The zero-order chi connectivity index (χ0) is 11.6. The van der Waals surface area contributed by atoms with Crippen LogP contribution in [-0.4, -0.2) is 21.3 Å². The van der Waals surface area contributed by atoms with E-state index in [1.807, 2.05) is 0 Å². The summed E-state index contributed by atoms with van der Waals surface area (Å²) in [4.78, 5) is 10.9. The number of benzene rings is 1. The molecule has 15 heavy (non-hydrogen) atoms. The van der Waals surface area contributed by atoms with Gasteiger partial charge in [0.1, 0.15) is 5.75 Å². The molecule has 1 aromatic carbocycles. The molecule has 0 aliphatic heterocycles. The first-order valence-electron chi connectivity index (χ1n) is 4.56. The Kier molecular flexibility index (Phi) is 3.00. The number of phenols is 1. The summed E-state index contributed by atoms with van der Waals surface area (Å²) in [6.45, 7) is 2.90. The van der Waals surface area contributed by atoms with E-state index < -0.39 is 17.5 Å². The SMILES string of the molecule is CC(C)(C(=O)O)[C@H](O)c1ccc(O)cc1. The van der Waals surface area contributed by atoms with E-state index in [2.05, 4.69) is 0 Å². The van der Waals surface area contributed by atoms with Crippen molar-refractivity contribution in [3.8, 4) is 5.75 Å². The summed E-state index contributed by atoms with van der Waals surface area (Å²) in [7, 11) is 0. The fourth-order valence-electron chi connectivity index (χ4n) is 1.19. The number of hydrogen-bond donors (Lipinski definition) is 3. The minimum Gasteiger partial charge on any atom is -0.508 e. The minimum absolute atomic E-state index is 0.0825. The van der Waals surface area contributed by atoms with Crippen molar-refractivity contribution in [3.63, 3.8) is 0 Å². The fourth-order valence-corrected chi connectivity index (χ4v) is 1.19. The maximum atomic E-state index is 10.9. The van der Waals surface area contributed by atoms with Crippen molar-refractivity contribution >= 4 is 5.97 Å². The molecule has 0 amide bonds. The molecule has 1 aromatic rings. The summed E-state index contributed by atoms with van der Waals surface area (Å²) >= 11 is 0. The molecule has 3 N–H and O–H groups in total. The Morgan fingerprint density at radius 3 is 2.13 bits per heavy atom. The van der Waals surface area contributed by atoms with E-state index in [0.717, 1.165) is 0 Å². The number of carboxylic acid groups (broad SMARTS) is 1. The molecule has 82 valence electrons. The van der Waals surface area contributed by atoms with Crippen LogP contribution in [0.5, 0.6) is 5.75 Å². The summed E-state index contributed by atoms with van der Waals surface area (Å²) in [5, 5.41) is 27.8. The van der Waals surface area contributed by atoms with Gasteiger partial charge in [-0.1, -0.05) is 12.1 Å². The number of rotatable bonds is 3. The first-order valence-corrected chi connectivity index (χ1v) is 4.56. The second-order valence-electron chi connectivity index (χ2n) is 4.02. The molecule has 0 aromatic heterocycles. The van der Waals surface area contributed by atoms with Crippen LogP contribution in [0.4, 0.5) is 0 Å². The van der Waals surface area contributed by atoms with E-state index in [1.165, 1.54) is 38.1 Å². The van der Waals surface area contributed by atoms with Gasteiger partial charge >= 0.3 is 5.97 Å². The second-order valence-corrected chi connectivity index (χ2v) is 4.02. The van der Waals surface area contributed by atoms with Crippen LogP contribution in [-0.2, 0) is 4.79 Å². The van der Waals surface area contributed by atoms with Gasteiger partial charge in [-0.15, -0.1) is 0 Å². The van der Waals surface area contributed by atoms with E-state index in [-0.39, 0.29) is 5.75 Å². The lowest BCUT2D eigenvalue weighted by atomic mass is 9.83. The van der Waals surface area contributed by atoms with E-state index in [4.69, 9.17) is 10.2 Å². The molecule has 0 unspecified atom stereocenters. The average Bonchev–Trinajstić information content (AvgIpc) is 2.17. The van der Waals surface area contributed by atoms with Gasteiger partial charge in [-0.3, -0.25) is 4.79 Å². The number of carbonyl (C=O) groups is 1. The summed E-state index contributed by atoms with van der Waals surface area (Å²) < 4.78 is 0. The second kappa shape index (κ2) is 3.90. The van der Waals surface area contributed by atoms with Crippen molar-refractivity contribution in [2.45, 2.75) is 20.0 Å². The highest BCUT2D eigenvalue weighted by Crippen LogP contribution is 2.33. The zero-order valence-corrected chi connectivity index (χ0v) is 8.64. The van der Waals surface area contributed by atoms with Gasteiger partial charge in [0.15, 0.2) is 0 Å². The lowest BCUT2D eigenvalue weighted by molar-refractivity contribution is -0.153. The molecular weight excluding hydrogens is 196 g/mol. The summed E-state index contributed by atoms with van der Waals surface area (Å²) in [6.07, 6.45) is -1.10. The van der Waals surface area contributed by atoms with Crippen LogP contribution < -0.4 is 0 Å². The lowest BCUT2D eigenvalue weighted by Gasteiger charge is -2.26. The molecule has 1 atom stereocenters. The monoisotopic (exact) mass is 210 g/mol. The van der Waals surface area contributed by atoms with Gasteiger partial charge in [0.05, 0.1) is 11.5 Å². The van der Waals surface area contributed by atoms with Crippen molar-refractivity contribution in [1.29, 1.82) is 0 Å². The van der Waals surface area contributed by atoms with E-state index in [0.29, 0.717) is 5.56 Å². The molecule has 0 radical (unpaired) electrons. The molecule has 4 nitrogen and oxygen atoms in total. The summed E-state index contributed by atoms with van der Waals surface area (Å²) in [5.41, 5.74) is -0.781. The van der Waals surface area contributed by atoms with Crippen LogP contribution >= 0.6 is 0 Å². The predicted octanol–water partition coefficient (Wildman–Crippen LogP) is 1.54. The van der Waals surface area contributed by atoms with Crippen LogP contribution in [0.1, 0.15) is 25.5 Å². The lowest BCUT2D eigenvalue weighted by Crippen LogP contribution is -2.31. The standard InChI is InChI=1S/C11H14O4/c1-11(2,10(14)15)9(13)7-3-5-8(12)6-4-7/h3-6,9,12-13H,1-2H3,(H,14,15)/t9-/m1/s1. The van der Waals surface area contributed by atoms with Gasteiger partial charge in [-0.25, -0.2) is 0 Å². The van der Waals surface area contributed by atoms with Gasteiger partial charge in [-0.2, -0.15) is 0 Å². The predicted molar refractivity (Wildman–Crippen MR) is 54.5 cm³/mol. The maximum absolute atomic E-state index is 10.9. The Labute approximate surface area is 87.8 Å². The number of phenolic OH excluding ortho intramolecular Hbond substituents is 1. The number of carboxylic acids is 1. The van der Waals surface area contributed by atoms with Gasteiger partial charge in [-0.05, 0) is 31.5 Å². The molecule has 4 heteroatoms. The number of aliphatic hydroxyl groups excluding tert-OH is 1. The van der Waals surface area contributed by atoms with Crippen molar-refractivity contribution in [2.24, 2.45) is 5.41 Å². The van der Waals surface area contributed by atoms with E-state index in [1.54, 1.807) is 0 Å². The van der Waals surface area contributed by atoms with Crippen LogP contribution in [0.2, 0.25) is 0 Å². The van der Waals surface area contributed by atoms with Crippen molar-refractivity contribution < 1.29 is 20.1 Å². The number of aromatic hydroxyl groups is 1. The Morgan fingerprint density at radius 2 is 1.73 bits per heavy atom. The van der Waals surface area contributed by atoms with Gasteiger partial charge in [0.2, 0.25) is 0 Å².